The van der Waals surface area contributed by atoms with Crippen LogP contribution in [0.3, 0.4) is 0 Å². The van der Waals surface area contributed by atoms with Gasteiger partial charge in [-0.2, -0.15) is 13.2 Å². The molecule has 0 saturated heterocycles. The number of alkyl halides is 3. The van der Waals surface area contributed by atoms with E-state index in [1.54, 1.807) is 12.1 Å². The van der Waals surface area contributed by atoms with Gasteiger partial charge in [-0.3, -0.25) is 9.97 Å². The van der Waals surface area contributed by atoms with Gasteiger partial charge >= 0.3 is 6.18 Å². The van der Waals surface area contributed by atoms with E-state index in [2.05, 4.69) is 85.8 Å². The second-order valence-electron chi connectivity index (χ2n) is 14.8. The van der Waals surface area contributed by atoms with Gasteiger partial charge < -0.3 is 0 Å². The summed E-state index contributed by atoms with van der Waals surface area (Å²) < 4.78 is 54.0. The summed E-state index contributed by atoms with van der Waals surface area (Å²) in [5.41, 5.74) is 15.2. The minimum atomic E-state index is -4.43. The molecule has 0 bridgehead atoms. The largest absolute Gasteiger partial charge is 0.416 e. The number of hydrogen-bond donors (Lipinski definition) is 0. The molecule has 0 unspecified atom stereocenters. The van der Waals surface area contributed by atoms with Crippen LogP contribution in [-0.2, 0) is 6.18 Å². The Morgan fingerprint density at radius 3 is 1.45 bits per heavy atom. The average molecular weight is 789 g/mol. The van der Waals surface area contributed by atoms with E-state index in [1.807, 2.05) is 73.1 Å². The van der Waals surface area contributed by atoms with Gasteiger partial charge in [0.2, 0.25) is 0 Å². The molecule has 0 radical (unpaired) electrons. The highest BCUT2D eigenvalue weighted by Gasteiger charge is 2.30. The van der Waals surface area contributed by atoms with Crippen molar-refractivity contribution in [3.8, 4) is 89.3 Å². The summed E-state index contributed by atoms with van der Waals surface area (Å²) in [7, 11) is 0. The van der Waals surface area contributed by atoms with Gasteiger partial charge in [-0.05, 0) is 123 Å². The van der Waals surface area contributed by atoms with E-state index in [0.29, 0.717) is 11.3 Å². The van der Waals surface area contributed by atoms with Crippen molar-refractivity contribution in [3.63, 3.8) is 0 Å². The Hall–Kier alpha value is -7.44. The fraction of sp³-hybridized carbons (Fsp3) is 0.0370. The first-order valence-corrected chi connectivity index (χ1v) is 19.5. The van der Waals surface area contributed by atoms with Gasteiger partial charge in [0.1, 0.15) is 5.82 Å². The van der Waals surface area contributed by atoms with Crippen LogP contribution in [0.15, 0.2) is 200 Å². The Morgan fingerprint density at radius 1 is 0.350 bits per heavy atom. The van der Waals surface area contributed by atoms with Crippen molar-refractivity contribution in [3.05, 3.63) is 217 Å². The zero-order valence-electron chi connectivity index (χ0n) is 32.5. The molecule has 290 valence electrons. The first-order valence-electron chi connectivity index (χ1n) is 19.5. The lowest BCUT2D eigenvalue weighted by Gasteiger charge is -2.18. The average Bonchev–Trinajstić information content (AvgIpc) is 3.29. The molecule has 0 aliphatic carbocycles. The molecule has 6 heteroatoms. The summed E-state index contributed by atoms with van der Waals surface area (Å²) in [4.78, 5) is 9.59. The van der Waals surface area contributed by atoms with Crippen LogP contribution >= 0.6 is 0 Å². The van der Waals surface area contributed by atoms with Gasteiger partial charge in [-0.15, -0.1) is 0 Å². The van der Waals surface area contributed by atoms with Gasteiger partial charge in [-0.1, -0.05) is 133 Å². The molecule has 7 aromatic carbocycles. The molecule has 2 heterocycles. The molecule has 2 aromatic heterocycles. The molecule has 0 fully saturated rings. The van der Waals surface area contributed by atoms with Gasteiger partial charge in [0, 0.05) is 34.6 Å². The van der Waals surface area contributed by atoms with Crippen LogP contribution in [0.1, 0.15) is 11.1 Å². The molecule has 2 nitrogen and oxygen atoms in total. The van der Waals surface area contributed by atoms with E-state index in [9.17, 15) is 17.6 Å². The first kappa shape index (κ1) is 38.1. The van der Waals surface area contributed by atoms with Crippen LogP contribution in [0, 0.1) is 12.7 Å². The number of hydrogen-bond acceptors (Lipinski definition) is 2. The van der Waals surface area contributed by atoms with Crippen molar-refractivity contribution >= 4 is 0 Å². The Bertz CT molecular complexity index is 2940. The lowest BCUT2D eigenvalue weighted by atomic mass is 9.87. The maximum atomic E-state index is 13.6. The maximum Gasteiger partial charge on any atom is 0.416 e. The highest BCUT2D eigenvalue weighted by molar-refractivity contribution is 5.94. The van der Waals surface area contributed by atoms with E-state index < -0.39 is 11.7 Å². The highest BCUT2D eigenvalue weighted by atomic mass is 19.4. The topological polar surface area (TPSA) is 25.8 Å². The predicted octanol–water partition coefficient (Wildman–Crippen LogP) is 15.3. The van der Waals surface area contributed by atoms with Crippen LogP contribution in [0.4, 0.5) is 17.6 Å². The van der Waals surface area contributed by atoms with Crippen LogP contribution in [0.5, 0.6) is 0 Å². The first-order chi connectivity index (χ1) is 29.2. The third-order valence-corrected chi connectivity index (χ3v) is 10.8. The number of rotatable bonds is 8. The molecule has 0 spiro atoms. The summed E-state index contributed by atoms with van der Waals surface area (Å²) in [6.45, 7) is 2.09. The smallest absolute Gasteiger partial charge is 0.256 e. The third kappa shape index (κ3) is 7.88. The molecule has 60 heavy (non-hydrogen) atoms. The Balaban J connectivity index is 1.13. The molecule has 0 aliphatic rings. The SMILES string of the molecule is Cc1cc(-c2ccccc2-c2ccc(-c3ccc(F)cc3)nc2)cc(-c2ccccc2-c2cnc(-c3ccc(C(F)(F)F)cc3)cc2-c2ccc(-c3ccccc3)cc2)c1. The fourth-order valence-corrected chi connectivity index (χ4v) is 7.76. The molecule has 0 amide bonds. The molecule has 9 aromatic rings. The van der Waals surface area contributed by atoms with E-state index in [0.717, 1.165) is 95.7 Å². The van der Waals surface area contributed by atoms with Crippen LogP contribution in [-0.4, -0.2) is 9.97 Å². The molecule has 0 atom stereocenters. The van der Waals surface area contributed by atoms with Gasteiger partial charge in [0.25, 0.3) is 0 Å². The number of halogens is 4. The zero-order chi connectivity index (χ0) is 41.2. The quantitative estimate of drug-likeness (QED) is 0.143. The molecular formula is C54H36F4N2. The van der Waals surface area contributed by atoms with Crippen LogP contribution in [0.25, 0.3) is 89.3 Å². The second kappa shape index (κ2) is 16.1. The van der Waals surface area contributed by atoms with Gasteiger partial charge in [0.05, 0.1) is 17.0 Å². The normalized spacial score (nSPS) is 11.4. The van der Waals surface area contributed by atoms with E-state index in [4.69, 9.17) is 9.97 Å². The number of benzene rings is 7. The van der Waals surface area contributed by atoms with E-state index >= 15 is 0 Å². The van der Waals surface area contributed by atoms with E-state index in [-0.39, 0.29) is 5.82 Å². The lowest BCUT2D eigenvalue weighted by Crippen LogP contribution is -2.04. The van der Waals surface area contributed by atoms with Crippen molar-refractivity contribution in [2.45, 2.75) is 13.1 Å². The highest BCUT2D eigenvalue weighted by Crippen LogP contribution is 2.42. The fourth-order valence-electron chi connectivity index (χ4n) is 7.76. The van der Waals surface area contributed by atoms with Crippen LogP contribution < -0.4 is 0 Å². The number of aryl methyl sites for hydroxylation is 1. The number of nitrogens with zero attached hydrogens (tertiary/aromatic N) is 2. The second-order valence-corrected chi connectivity index (χ2v) is 14.8. The van der Waals surface area contributed by atoms with Gasteiger partial charge in [-0.25, -0.2) is 4.39 Å². The van der Waals surface area contributed by atoms with E-state index in [1.165, 1.54) is 24.3 Å². The summed E-state index contributed by atoms with van der Waals surface area (Å²) in [5.74, 6) is -0.287. The minimum Gasteiger partial charge on any atom is -0.256 e. The lowest BCUT2D eigenvalue weighted by molar-refractivity contribution is -0.137. The van der Waals surface area contributed by atoms with Crippen molar-refractivity contribution in [2.24, 2.45) is 0 Å². The number of aromatic nitrogens is 2. The van der Waals surface area contributed by atoms with Crippen molar-refractivity contribution in [1.82, 2.24) is 9.97 Å². The maximum absolute atomic E-state index is 13.6. The van der Waals surface area contributed by atoms with Crippen LogP contribution in [0.2, 0.25) is 0 Å². The minimum absolute atomic E-state index is 0.287. The van der Waals surface area contributed by atoms with Crippen molar-refractivity contribution < 1.29 is 17.6 Å². The molecule has 9 rings (SSSR count). The summed E-state index contributed by atoms with van der Waals surface area (Å²) >= 11 is 0. The molecule has 0 saturated carbocycles. The zero-order valence-corrected chi connectivity index (χ0v) is 32.5. The molecule has 0 N–H and O–H groups in total. The monoisotopic (exact) mass is 788 g/mol. The molecule has 0 aliphatic heterocycles. The summed E-state index contributed by atoms with van der Waals surface area (Å²) in [6.07, 6.45) is -0.738. The summed E-state index contributed by atoms with van der Waals surface area (Å²) in [5, 5.41) is 0. The Kier molecular flexibility index (Phi) is 10.2. The Morgan fingerprint density at radius 2 is 0.833 bits per heavy atom. The Labute approximate surface area is 346 Å². The predicted molar refractivity (Wildman–Crippen MR) is 235 cm³/mol. The van der Waals surface area contributed by atoms with Gasteiger partial charge in [0.15, 0.2) is 0 Å². The van der Waals surface area contributed by atoms with Crippen molar-refractivity contribution in [2.75, 3.05) is 0 Å². The number of pyridine rings is 2. The summed E-state index contributed by atoms with van der Waals surface area (Å²) in [6, 6.07) is 59.1. The molecular weight excluding hydrogens is 753 g/mol. The van der Waals surface area contributed by atoms with Crippen molar-refractivity contribution in [1.29, 1.82) is 0 Å². The third-order valence-electron chi connectivity index (χ3n) is 10.8. The standard InChI is InChI=1S/C54H36F4N2/c1-35-29-42(47-12-6-5-11-46(47)41-23-28-52(59-33-41)39-21-26-45(55)27-22-39)31-43(30-35)48-13-7-8-14-49(48)51-34-60-53(40-19-24-44(25-20-40)54(56,57)58)32-50(51)38-17-15-37(16-18-38)36-9-3-2-4-10-36/h2-34H,1H3.